The van der Waals surface area contributed by atoms with Gasteiger partial charge in [-0.1, -0.05) is 32.9 Å². The molecule has 0 bridgehead atoms. The number of nitrogens with two attached hydrogens (primary N) is 1. The van der Waals surface area contributed by atoms with E-state index >= 15 is 0 Å². The fourth-order valence-corrected chi connectivity index (χ4v) is 1.70. The summed E-state index contributed by atoms with van der Waals surface area (Å²) < 4.78 is 5.52. The van der Waals surface area contributed by atoms with Crippen molar-refractivity contribution in [2.45, 2.75) is 32.2 Å². The summed E-state index contributed by atoms with van der Waals surface area (Å²) in [6, 6.07) is 6.40. The lowest BCUT2D eigenvalue weighted by Gasteiger charge is -2.19. The average molecular weight is 191 g/mol. The number of benzene rings is 1. The number of ether oxygens (including phenoxy) is 1. The van der Waals surface area contributed by atoms with Gasteiger partial charge in [0.05, 0.1) is 6.04 Å². The van der Waals surface area contributed by atoms with Crippen LogP contribution >= 0.6 is 0 Å². The van der Waals surface area contributed by atoms with Crippen molar-refractivity contribution >= 4 is 0 Å². The molecular weight excluding hydrogens is 174 g/mol. The molecule has 1 aliphatic heterocycles. The first-order valence-corrected chi connectivity index (χ1v) is 5.01. The van der Waals surface area contributed by atoms with Crippen LogP contribution in [0.4, 0.5) is 0 Å². The van der Waals surface area contributed by atoms with Crippen LogP contribution in [0.2, 0.25) is 0 Å². The molecule has 0 radical (unpaired) electrons. The molecular formula is C12H17NO. The van der Waals surface area contributed by atoms with Crippen molar-refractivity contribution < 1.29 is 4.74 Å². The maximum absolute atomic E-state index is 5.88. The van der Waals surface area contributed by atoms with Crippen molar-refractivity contribution in [1.82, 2.24) is 0 Å². The molecule has 0 aromatic heterocycles. The Labute approximate surface area is 85.1 Å². The van der Waals surface area contributed by atoms with Crippen LogP contribution in [0.25, 0.3) is 0 Å². The monoisotopic (exact) mass is 191 g/mol. The summed E-state index contributed by atoms with van der Waals surface area (Å²) in [6.07, 6.45) is 0. The second-order valence-corrected chi connectivity index (χ2v) is 4.92. The minimum Gasteiger partial charge on any atom is -0.491 e. The van der Waals surface area contributed by atoms with Crippen molar-refractivity contribution in [1.29, 1.82) is 0 Å². The van der Waals surface area contributed by atoms with E-state index in [0.717, 1.165) is 11.3 Å². The third-order valence-corrected chi connectivity index (χ3v) is 2.70. The van der Waals surface area contributed by atoms with Crippen molar-refractivity contribution in [2.75, 3.05) is 6.61 Å². The molecule has 2 N–H and O–H groups in total. The fraction of sp³-hybridized carbons (Fsp3) is 0.500. The van der Waals surface area contributed by atoms with Gasteiger partial charge < -0.3 is 10.5 Å². The maximum atomic E-state index is 5.88. The summed E-state index contributed by atoms with van der Waals surface area (Å²) in [4.78, 5) is 0. The average Bonchev–Trinajstić information content (AvgIpc) is 2.46. The number of hydrogen-bond acceptors (Lipinski definition) is 2. The molecule has 1 aromatic carbocycles. The van der Waals surface area contributed by atoms with Crippen LogP contribution in [-0.2, 0) is 5.41 Å². The lowest BCUT2D eigenvalue weighted by Crippen LogP contribution is -2.12. The Morgan fingerprint density at radius 3 is 2.71 bits per heavy atom. The van der Waals surface area contributed by atoms with E-state index < -0.39 is 0 Å². The van der Waals surface area contributed by atoms with Crippen molar-refractivity contribution in [3.05, 3.63) is 29.3 Å². The Kier molecular flexibility index (Phi) is 2.04. The maximum Gasteiger partial charge on any atom is 0.124 e. The molecule has 2 heteroatoms. The van der Waals surface area contributed by atoms with Gasteiger partial charge in [-0.2, -0.15) is 0 Å². The van der Waals surface area contributed by atoms with Gasteiger partial charge >= 0.3 is 0 Å². The van der Waals surface area contributed by atoms with Gasteiger partial charge in [-0.25, -0.2) is 0 Å². The van der Waals surface area contributed by atoms with Crippen LogP contribution in [-0.4, -0.2) is 6.61 Å². The Morgan fingerprint density at radius 1 is 1.36 bits per heavy atom. The molecule has 0 unspecified atom stereocenters. The van der Waals surface area contributed by atoms with Crippen LogP contribution in [0.3, 0.4) is 0 Å². The van der Waals surface area contributed by atoms with Gasteiger partial charge in [0.15, 0.2) is 0 Å². The summed E-state index contributed by atoms with van der Waals surface area (Å²) in [5.41, 5.74) is 8.49. The highest BCUT2D eigenvalue weighted by molar-refractivity contribution is 5.44. The van der Waals surface area contributed by atoms with Crippen LogP contribution in [0.15, 0.2) is 18.2 Å². The van der Waals surface area contributed by atoms with Crippen LogP contribution in [0, 0.1) is 0 Å². The van der Waals surface area contributed by atoms with E-state index in [9.17, 15) is 0 Å². The highest BCUT2D eigenvalue weighted by Gasteiger charge is 2.23. The predicted molar refractivity (Wildman–Crippen MR) is 57.6 cm³/mol. The van der Waals surface area contributed by atoms with Crippen LogP contribution in [0.5, 0.6) is 5.75 Å². The largest absolute Gasteiger partial charge is 0.491 e. The highest BCUT2D eigenvalue weighted by Crippen LogP contribution is 2.34. The third kappa shape index (κ3) is 1.50. The van der Waals surface area contributed by atoms with Gasteiger partial charge in [0, 0.05) is 5.56 Å². The molecule has 0 amide bonds. The summed E-state index contributed by atoms with van der Waals surface area (Å²) in [5.74, 6) is 0.963. The van der Waals surface area contributed by atoms with Crippen LogP contribution < -0.4 is 10.5 Å². The molecule has 1 heterocycles. The lowest BCUT2D eigenvalue weighted by atomic mass is 9.86. The first-order chi connectivity index (χ1) is 6.48. The first-order valence-electron chi connectivity index (χ1n) is 5.01. The van der Waals surface area contributed by atoms with E-state index in [1.54, 1.807) is 0 Å². The molecule has 76 valence electrons. The van der Waals surface area contributed by atoms with Gasteiger partial charge in [0.25, 0.3) is 0 Å². The smallest absolute Gasteiger partial charge is 0.124 e. The summed E-state index contributed by atoms with van der Waals surface area (Å²) in [6.45, 7) is 7.21. The quantitative estimate of drug-likeness (QED) is 0.683. The molecule has 2 rings (SSSR count). The summed E-state index contributed by atoms with van der Waals surface area (Å²) >= 11 is 0. The summed E-state index contributed by atoms with van der Waals surface area (Å²) in [5, 5.41) is 0. The zero-order chi connectivity index (χ0) is 10.3. The van der Waals surface area contributed by atoms with Crippen molar-refractivity contribution in [3.63, 3.8) is 0 Å². The van der Waals surface area contributed by atoms with E-state index in [-0.39, 0.29) is 11.5 Å². The zero-order valence-electron chi connectivity index (χ0n) is 9.00. The van der Waals surface area contributed by atoms with Crippen molar-refractivity contribution in [3.8, 4) is 5.75 Å². The van der Waals surface area contributed by atoms with E-state index in [1.807, 2.05) is 0 Å². The molecule has 1 aliphatic rings. The van der Waals surface area contributed by atoms with Gasteiger partial charge in [0.2, 0.25) is 0 Å². The van der Waals surface area contributed by atoms with Gasteiger partial charge in [0.1, 0.15) is 12.4 Å². The molecule has 0 fully saturated rings. The van der Waals surface area contributed by atoms with E-state index in [4.69, 9.17) is 10.5 Å². The minimum atomic E-state index is 0.0546. The minimum absolute atomic E-state index is 0.0546. The van der Waals surface area contributed by atoms with Gasteiger partial charge in [-0.15, -0.1) is 0 Å². The molecule has 0 saturated carbocycles. The normalized spacial score (nSPS) is 20.4. The Hall–Kier alpha value is -1.02. The SMILES string of the molecule is CC(C)(C)c1ccc2c(c1)OC[C@@H]2N. The standard InChI is InChI=1S/C12H17NO/c1-12(2,3)8-4-5-9-10(13)7-14-11(9)6-8/h4-6,10H,7,13H2,1-3H3/t10-/m0/s1. The third-order valence-electron chi connectivity index (χ3n) is 2.70. The number of fused-ring (bicyclic) bond motifs is 1. The molecule has 1 aromatic rings. The van der Waals surface area contributed by atoms with Crippen molar-refractivity contribution in [2.24, 2.45) is 5.73 Å². The molecule has 0 spiro atoms. The Bertz CT molecular complexity index is 352. The molecule has 0 aliphatic carbocycles. The van der Waals surface area contributed by atoms with Gasteiger partial charge in [-0.3, -0.25) is 0 Å². The molecule has 2 nitrogen and oxygen atoms in total. The second kappa shape index (κ2) is 2.99. The predicted octanol–water partition coefficient (Wildman–Crippen LogP) is 2.38. The van der Waals surface area contributed by atoms with Crippen LogP contribution in [0.1, 0.15) is 37.9 Å². The fourth-order valence-electron chi connectivity index (χ4n) is 1.70. The lowest BCUT2D eigenvalue weighted by molar-refractivity contribution is 0.332. The van der Waals surface area contributed by atoms with Gasteiger partial charge in [-0.05, 0) is 17.0 Å². The van der Waals surface area contributed by atoms with E-state index in [0.29, 0.717) is 6.61 Å². The Morgan fingerprint density at radius 2 is 2.07 bits per heavy atom. The summed E-state index contributed by atoms with van der Waals surface area (Å²) in [7, 11) is 0. The molecule has 0 saturated heterocycles. The Balaban J connectivity index is 2.42. The topological polar surface area (TPSA) is 35.2 Å². The second-order valence-electron chi connectivity index (χ2n) is 4.92. The first kappa shape index (κ1) is 9.53. The highest BCUT2D eigenvalue weighted by atomic mass is 16.5. The zero-order valence-corrected chi connectivity index (χ0v) is 9.00. The number of hydrogen-bond donors (Lipinski definition) is 1. The number of rotatable bonds is 0. The van der Waals surface area contributed by atoms with E-state index in [2.05, 4.69) is 39.0 Å². The molecule has 14 heavy (non-hydrogen) atoms. The van der Waals surface area contributed by atoms with E-state index in [1.165, 1.54) is 5.56 Å². The molecule has 1 atom stereocenters.